The summed E-state index contributed by atoms with van der Waals surface area (Å²) in [6.45, 7) is 4.00. The molecule has 0 saturated carbocycles. The fraction of sp³-hybridized carbons (Fsp3) is 1.00. The second kappa shape index (κ2) is 8.16. The molecule has 0 atom stereocenters. The van der Waals surface area contributed by atoms with E-state index in [4.69, 9.17) is 19.0 Å². The predicted molar refractivity (Wildman–Crippen MR) is 47.2 cm³/mol. The fourth-order valence-electron chi connectivity index (χ4n) is 0.500. The molecule has 4 nitrogen and oxygen atoms in total. The molecule has 0 rings (SSSR count). The van der Waals surface area contributed by atoms with Crippen molar-refractivity contribution in [1.82, 2.24) is 0 Å². The van der Waals surface area contributed by atoms with Crippen molar-refractivity contribution in [2.45, 2.75) is 13.8 Å². The first-order chi connectivity index (χ1) is 5.24. The van der Waals surface area contributed by atoms with E-state index in [0.29, 0.717) is 6.17 Å². The van der Waals surface area contributed by atoms with E-state index in [-0.39, 0.29) is 0 Å². The Morgan fingerprint density at radius 1 is 1.00 bits per heavy atom. The van der Waals surface area contributed by atoms with Crippen LogP contribution >= 0.6 is 0 Å². The lowest BCUT2D eigenvalue weighted by Crippen LogP contribution is -2.50. The van der Waals surface area contributed by atoms with Gasteiger partial charge in [0.1, 0.15) is 0 Å². The molecular formula is C6H19NO3Si. The highest BCUT2D eigenvalue weighted by atomic mass is 28.4. The monoisotopic (exact) mass is 181 g/mol. The average Bonchev–Trinajstić information content (AvgIpc) is 2.13. The molecule has 0 fully saturated rings. The molecule has 0 saturated heterocycles. The van der Waals surface area contributed by atoms with Crippen molar-refractivity contribution in [3.63, 3.8) is 0 Å². The van der Waals surface area contributed by atoms with Gasteiger partial charge in [0.25, 0.3) is 0 Å². The van der Waals surface area contributed by atoms with Crippen molar-refractivity contribution in [2.75, 3.05) is 27.5 Å². The first kappa shape index (κ1) is 13.6. The van der Waals surface area contributed by atoms with Gasteiger partial charge in [0.05, 0.1) is 6.17 Å². The number of rotatable bonds is 4. The fourth-order valence-corrected chi connectivity index (χ4v) is 1.50. The minimum Gasteiger partial charge on any atom is -0.376 e. The lowest BCUT2D eigenvalue weighted by Gasteiger charge is -2.21. The summed E-state index contributed by atoms with van der Waals surface area (Å²) < 4.78 is 14.9. The smallest absolute Gasteiger partial charge is 0.376 e. The normalized spacial score (nSPS) is 10.4. The summed E-state index contributed by atoms with van der Waals surface area (Å²) in [5.74, 6) is 0. The number of nitrogens with two attached hydrogens (primary N) is 1. The standard InChI is InChI=1S/C4H13NO3Si.C2H6/c1-6-9(4-5,7-2)8-3;1-2/h4-5H2,1-3H3;1-2H3. The van der Waals surface area contributed by atoms with Gasteiger partial charge in [-0.15, -0.1) is 0 Å². The lowest BCUT2D eigenvalue weighted by atomic mass is 11.0. The lowest BCUT2D eigenvalue weighted by molar-refractivity contribution is 0.125. The third-order valence-corrected chi connectivity index (χ3v) is 3.55. The summed E-state index contributed by atoms with van der Waals surface area (Å²) in [4.78, 5) is 0. The van der Waals surface area contributed by atoms with E-state index in [1.165, 1.54) is 21.3 Å². The zero-order valence-electron chi connectivity index (χ0n) is 8.01. The van der Waals surface area contributed by atoms with E-state index in [9.17, 15) is 0 Å². The Morgan fingerprint density at radius 3 is 1.27 bits per heavy atom. The molecule has 0 heterocycles. The van der Waals surface area contributed by atoms with E-state index in [0.717, 1.165) is 0 Å². The Labute approximate surface area is 70.0 Å². The maximum Gasteiger partial charge on any atom is 0.514 e. The van der Waals surface area contributed by atoms with Crippen LogP contribution in [0.1, 0.15) is 13.8 Å². The largest absolute Gasteiger partial charge is 0.514 e. The van der Waals surface area contributed by atoms with Crippen LogP contribution in [-0.2, 0) is 13.3 Å². The van der Waals surface area contributed by atoms with E-state index in [1.807, 2.05) is 13.8 Å². The molecule has 2 N–H and O–H groups in total. The van der Waals surface area contributed by atoms with E-state index in [2.05, 4.69) is 0 Å². The van der Waals surface area contributed by atoms with Gasteiger partial charge in [-0.1, -0.05) is 13.8 Å². The quantitative estimate of drug-likeness (QED) is 0.637. The van der Waals surface area contributed by atoms with Crippen molar-refractivity contribution in [3.8, 4) is 0 Å². The van der Waals surface area contributed by atoms with Crippen molar-refractivity contribution in [2.24, 2.45) is 5.73 Å². The molecular weight excluding hydrogens is 162 g/mol. The van der Waals surface area contributed by atoms with Gasteiger partial charge in [-0.2, -0.15) is 0 Å². The van der Waals surface area contributed by atoms with Crippen LogP contribution in [0.25, 0.3) is 0 Å². The van der Waals surface area contributed by atoms with Crippen LogP contribution in [0.3, 0.4) is 0 Å². The van der Waals surface area contributed by atoms with Crippen molar-refractivity contribution in [1.29, 1.82) is 0 Å². The van der Waals surface area contributed by atoms with Gasteiger partial charge >= 0.3 is 8.80 Å². The van der Waals surface area contributed by atoms with E-state index < -0.39 is 8.80 Å². The minimum atomic E-state index is -2.41. The second-order valence-corrected chi connectivity index (χ2v) is 4.50. The Hall–Kier alpha value is 0.0569. The van der Waals surface area contributed by atoms with Crippen LogP contribution in [0.2, 0.25) is 0 Å². The van der Waals surface area contributed by atoms with Gasteiger partial charge in [0.2, 0.25) is 0 Å². The van der Waals surface area contributed by atoms with Crippen molar-refractivity contribution >= 4 is 8.80 Å². The molecule has 70 valence electrons. The predicted octanol–water partition coefficient (Wildman–Crippen LogP) is 0.389. The first-order valence-corrected chi connectivity index (χ1v) is 5.53. The molecule has 0 aromatic rings. The van der Waals surface area contributed by atoms with Crippen molar-refractivity contribution in [3.05, 3.63) is 0 Å². The summed E-state index contributed by atoms with van der Waals surface area (Å²) in [6.07, 6.45) is 0.316. The van der Waals surface area contributed by atoms with Gasteiger partial charge < -0.3 is 19.0 Å². The van der Waals surface area contributed by atoms with Gasteiger partial charge in [0, 0.05) is 21.3 Å². The van der Waals surface area contributed by atoms with Gasteiger partial charge in [-0.05, 0) is 0 Å². The first-order valence-electron chi connectivity index (χ1n) is 3.60. The Balaban J connectivity index is 0. The number of hydrogen-bond donors (Lipinski definition) is 1. The molecule has 0 spiro atoms. The Kier molecular flexibility index (Phi) is 10.1. The molecule has 0 unspecified atom stereocenters. The Bertz CT molecular complexity index is 60.7. The van der Waals surface area contributed by atoms with Gasteiger partial charge in [-0.3, -0.25) is 0 Å². The maximum absolute atomic E-state index is 5.33. The molecule has 0 aromatic heterocycles. The van der Waals surface area contributed by atoms with Crippen LogP contribution in [0.5, 0.6) is 0 Å². The van der Waals surface area contributed by atoms with Gasteiger partial charge in [-0.25, -0.2) is 0 Å². The van der Waals surface area contributed by atoms with Crippen LogP contribution < -0.4 is 5.73 Å². The van der Waals surface area contributed by atoms with Crippen molar-refractivity contribution < 1.29 is 13.3 Å². The maximum atomic E-state index is 5.33. The molecule has 5 heteroatoms. The van der Waals surface area contributed by atoms with Crippen LogP contribution in [0.15, 0.2) is 0 Å². The summed E-state index contributed by atoms with van der Waals surface area (Å²) in [5, 5.41) is 0. The molecule has 0 bridgehead atoms. The molecule has 11 heavy (non-hydrogen) atoms. The minimum absolute atomic E-state index is 0.316. The van der Waals surface area contributed by atoms with Gasteiger partial charge in [0.15, 0.2) is 0 Å². The SMILES string of the molecule is CC.CO[Si](CN)(OC)OC. The summed E-state index contributed by atoms with van der Waals surface area (Å²) in [6, 6.07) is 0. The van der Waals surface area contributed by atoms with Crippen LogP contribution in [-0.4, -0.2) is 36.3 Å². The summed E-state index contributed by atoms with van der Waals surface area (Å²) in [5.41, 5.74) is 5.33. The highest BCUT2D eigenvalue weighted by Gasteiger charge is 2.35. The summed E-state index contributed by atoms with van der Waals surface area (Å²) in [7, 11) is 2.19. The van der Waals surface area contributed by atoms with Crippen LogP contribution in [0, 0.1) is 0 Å². The number of hydrogen-bond acceptors (Lipinski definition) is 4. The molecule has 0 aliphatic heterocycles. The molecule has 0 aliphatic carbocycles. The molecule has 0 aliphatic rings. The third-order valence-electron chi connectivity index (χ3n) is 1.18. The van der Waals surface area contributed by atoms with E-state index >= 15 is 0 Å². The second-order valence-electron chi connectivity index (χ2n) is 1.50. The zero-order chi connectivity index (χ0) is 9.33. The highest BCUT2D eigenvalue weighted by Crippen LogP contribution is 2.01. The van der Waals surface area contributed by atoms with Crippen LogP contribution in [0.4, 0.5) is 0 Å². The third kappa shape index (κ3) is 4.49. The average molecular weight is 181 g/mol. The molecule has 0 amide bonds. The molecule has 0 aromatic carbocycles. The van der Waals surface area contributed by atoms with E-state index in [1.54, 1.807) is 0 Å². The summed E-state index contributed by atoms with van der Waals surface area (Å²) >= 11 is 0. The highest BCUT2D eigenvalue weighted by molar-refractivity contribution is 6.60. The Morgan fingerprint density at radius 2 is 1.27 bits per heavy atom. The topological polar surface area (TPSA) is 53.7 Å². The molecule has 0 radical (unpaired) electrons. The zero-order valence-corrected chi connectivity index (χ0v) is 9.01.